The Kier molecular flexibility index (Phi) is 4.80. The number of β-amino-alcohol motifs (C(OH)–C–C–N with tert-alkyl or cyclic N) is 1. The first-order valence-corrected chi connectivity index (χ1v) is 7.69. The monoisotopic (exact) mass is 304 g/mol. The largest absolute Gasteiger partial charge is 0.387 e. The van der Waals surface area contributed by atoms with E-state index in [1.165, 1.54) is 18.6 Å². The fourth-order valence-electron chi connectivity index (χ4n) is 3.09. The van der Waals surface area contributed by atoms with Crippen molar-refractivity contribution in [2.75, 3.05) is 19.6 Å². The van der Waals surface area contributed by atoms with Crippen LogP contribution in [0.2, 0.25) is 0 Å². The molecule has 1 aliphatic heterocycles. The van der Waals surface area contributed by atoms with Gasteiger partial charge in [-0.3, -0.25) is 4.68 Å². The number of rotatable bonds is 5. The van der Waals surface area contributed by atoms with Gasteiger partial charge in [0.05, 0.1) is 6.10 Å². The van der Waals surface area contributed by atoms with Crippen LogP contribution in [0.4, 0.5) is 4.39 Å². The number of benzene rings is 1. The van der Waals surface area contributed by atoms with Crippen molar-refractivity contribution in [2.45, 2.75) is 25.5 Å². The smallest absolute Gasteiger partial charge is 0.137 e. The van der Waals surface area contributed by atoms with E-state index < -0.39 is 6.10 Å². The normalized spacial score (nSPS) is 20.9. The second-order valence-electron chi connectivity index (χ2n) is 5.95. The highest BCUT2D eigenvalue weighted by molar-refractivity contribution is 5.18. The average molecular weight is 304 g/mol. The molecule has 22 heavy (non-hydrogen) atoms. The van der Waals surface area contributed by atoms with Crippen LogP contribution in [0.15, 0.2) is 36.9 Å². The van der Waals surface area contributed by atoms with Gasteiger partial charge in [-0.05, 0) is 43.0 Å². The number of nitrogens with zero attached hydrogens (tertiary/aromatic N) is 4. The van der Waals surface area contributed by atoms with Gasteiger partial charge < -0.3 is 10.0 Å². The number of likely N-dealkylation sites (tertiary alicyclic amines) is 1. The van der Waals surface area contributed by atoms with Crippen molar-refractivity contribution in [3.05, 3.63) is 48.3 Å². The topological polar surface area (TPSA) is 54.2 Å². The molecule has 3 rings (SSSR count). The summed E-state index contributed by atoms with van der Waals surface area (Å²) in [6, 6.07) is 6.08. The van der Waals surface area contributed by atoms with E-state index in [1.807, 2.05) is 4.68 Å². The molecular weight excluding hydrogens is 283 g/mol. The second-order valence-corrected chi connectivity index (χ2v) is 5.95. The lowest BCUT2D eigenvalue weighted by Crippen LogP contribution is -2.39. The summed E-state index contributed by atoms with van der Waals surface area (Å²) in [6.45, 7) is 3.38. The van der Waals surface area contributed by atoms with Gasteiger partial charge in [-0.25, -0.2) is 9.37 Å². The Bertz CT molecular complexity index is 572. The quantitative estimate of drug-likeness (QED) is 0.916. The molecule has 5 nitrogen and oxygen atoms in total. The molecule has 1 fully saturated rings. The molecule has 0 unspecified atom stereocenters. The molecule has 0 saturated carbocycles. The van der Waals surface area contributed by atoms with Crippen molar-refractivity contribution < 1.29 is 9.50 Å². The number of halogens is 1. The summed E-state index contributed by atoms with van der Waals surface area (Å²) in [5.74, 6) is 0.248. The zero-order valence-corrected chi connectivity index (χ0v) is 12.5. The van der Waals surface area contributed by atoms with Crippen LogP contribution in [0.5, 0.6) is 0 Å². The third-order valence-corrected chi connectivity index (χ3v) is 4.20. The first-order valence-electron chi connectivity index (χ1n) is 7.69. The van der Waals surface area contributed by atoms with Gasteiger partial charge in [0, 0.05) is 19.6 Å². The van der Waals surface area contributed by atoms with Gasteiger partial charge in [-0.2, -0.15) is 5.10 Å². The van der Waals surface area contributed by atoms with E-state index in [-0.39, 0.29) is 5.82 Å². The molecule has 0 radical (unpaired) electrons. The van der Waals surface area contributed by atoms with E-state index in [2.05, 4.69) is 15.0 Å². The Balaban J connectivity index is 1.54. The highest BCUT2D eigenvalue weighted by Gasteiger charge is 2.22. The minimum atomic E-state index is -0.578. The van der Waals surface area contributed by atoms with Crippen LogP contribution in [0.3, 0.4) is 0 Å². The van der Waals surface area contributed by atoms with Gasteiger partial charge in [-0.15, -0.1) is 0 Å². The van der Waals surface area contributed by atoms with Gasteiger partial charge in [0.15, 0.2) is 0 Å². The van der Waals surface area contributed by atoms with Crippen LogP contribution in [0.1, 0.15) is 24.5 Å². The number of aliphatic hydroxyl groups is 1. The molecule has 1 aliphatic rings. The Morgan fingerprint density at radius 3 is 2.86 bits per heavy atom. The lowest BCUT2D eigenvalue weighted by Gasteiger charge is -2.33. The maximum Gasteiger partial charge on any atom is 0.137 e. The van der Waals surface area contributed by atoms with Crippen LogP contribution in [0.25, 0.3) is 0 Å². The Morgan fingerprint density at radius 2 is 2.14 bits per heavy atom. The molecule has 1 N–H and O–H groups in total. The van der Waals surface area contributed by atoms with Crippen LogP contribution < -0.4 is 0 Å². The van der Waals surface area contributed by atoms with Crippen molar-refractivity contribution in [3.8, 4) is 0 Å². The summed E-state index contributed by atoms with van der Waals surface area (Å²) in [5.41, 5.74) is 0.764. The number of piperidine rings is 1. The third kappa shape index (κ3) is 3.90. The molecule has 118 valence electrons. The van der Waals surface area contributed by atoms with Gasteiger partial charge >= 0.3 is 0 Å². The number of hydrogen-bond donors (Lipinski definition) is 1. The van der Waals surface area contributed by atoms with Crippen molar-refractivity contribution in [1.29, 1.82) is 0 Å². The van der Waals surface area contributed by atoms with Gasteiger partial charge in [0.2, 0.25) is 0 Å². The fraction of sp³-hybridized carbons (Fsp3) is 0.500. The van der Waals surface area contributed by atoms with Crippen molar-refractivity contribution in [2.24, 2.45) is 5.92 Å². The molecule has 0 bridgehead atoms. The predicted molar refractivity (Wildman–Crippen MR) is 80.5 cm³/mol. The van der Waals surface area contributed by atoms with Crippen LogP contribution >= 0.6 is 0 Å². The molecule has 6 heteroatoms. The molecule has 0 spiro atoms. The fourth-order valence-corrected chi connectivity index (χ4v) is 3.09. The van der Waals surface area contributed by atoms with Crippen molar-refractivity contribution in [1.82, 2.24) is 19.7 Å². The minimum Gasteiger partial charge on any atom is -0.387 e. The first kappa shape index (κ1) is 15.1. The number of aromatic nitrogens is 3. The summed E-state index contributed by atoms with van der Waals surface area (Å²) in [7, 11) is 0. The predicted octanol–water partition coefficient (Wildman–Crippen LogP) is 1.86. The van der Waals surface area contributed by atoms with E-state index in [1.54, 1.807) is 24.8 Å². The standard InChI is InChI=1S/C16H21FN4O/c17-15-5-3-14(4-6-15)16(22)10-20-7-1-2-13(8-20)9-21-12-18-11-19-21/h3-6,11-13,16,22H,1-2,7-10H2/t13-,16-/m1/s1. The second kappa shape index (κ2) is 6.98. The number of aliphatic hydroxyl groups excluding tert-OH is 1. The molecule has 0 amide bonds. The van der Waals surface area contributed by atoms with E-state index >= 15 is 0 Å². The van der Waals surface area contributed by atoms with Crippen LogP contribution in [0, 0.1) is 11.7 Å². The summed E-state index contributed by atoms with van der Waals surface area (Å²) in [5, 5.41) is 14.5. The van der Waals surface area contributed by atoms with E-state index in [0.29, 0.717) is 12.5 Å². The summed E-state index contributed by atoms with van der Waals surface area (Å²) in [4.78, 5) is 6.25. The maximum atomic E-state index is 12.9. The molecule has 2 heterocycles. The summed E-state index contributed by atoms with van der Waals surface area (Å²) >= 11 is 0. The van der Waals surface area contributed by atoms with Crippen LogP contribution in [-0.4, -0.2) is 44.4 Å². The first-order chi connectivity index (χ1) is 10.7. The molecular formula is C16H21FN4O. The zero-order chi connectivity index (χ0) is 15.4. The molecule has 0 aliphatic carbocycles. The van der Waals surface area contributed by atoms with E-state index in [4.69, 9.17) is 0 Å². The molecule has 1 saturated heterocycles. The third-order valence-electron chi connectivity index (χ3n) is 4.20. The molecule has 1 aromatic heterocycles. The Hall–Kier alpha value is -1.79. The average Bonchev–Trinajstić information content (AvgIpc) is 3.01. The summed E-state index contributed by atoms with van der Waals surface area (Å²) in [6.07, 6.45) is 5.01. The van der Waals surface area contributed by atoms with Gasteiger partial charge in [0.25, 0.3) is 0 Å². The lowest BCUT2D eigenvalue weighted by atomic mass is 9.97. The Morgan fingerprint density at radius 1 is 1.32 bits per heavy atom. The van der Waals surface area contributed by atoms with Crippen molar-refractivity contribution in [3.63, 3.8) is 0 Å². The van der Waals surface area contributed by atoms with Gasteiger partial charge in [0.1, 0.15) is 18.5 Å². The minimum absolute atomic E-state index is 0.276. The highest BCUT2D eigenvalue weighted by atomic mass is 19.1. The summed E-state index contributed by atoms with van der Waals surface area (Å²) < 4.78 is 14.8. The SMILES string of the molecule is O[C@H](CN1CCC[C@@H](Cn2cncn2)C1)c1ccc(F)cc1. The number of hydrogen-bond acceptors (Lipinski definition) is 4. The molecule has 2 atom stereocenters. The molecule has 2 aromatic rings. The lowest BCUT2D eigenvalue weighted by molar-refractivity contribution is 0.0799. The van der Waals surface area contributed by atoms with Crippen LogP contribution in [-0.2, 0) is 6.54 Å². The highest BCUT2D eigenvalue weighted by Crippen LogP contribution is 2.21. The van der Waals surface area contributed by atoms with Crippen molar-refractivity contribution >= 4 is 0 Å². The Labute approximate surface area is 129 Å². The van der Waals surface area contributed by atoms with Gasteiger partial charge in [-0.1, -0.05) is 12.1 Å². The molecule has 1 aromatic carbocycles. The van der Waals surface area contributed by atoms with E-state index in [0.717, 1.165) is 31.6 Å². The maximum absolute atomic E-state index is 12.9. The van der Waals surface area contributed by atoms with E-state index in [9.17, 15) is 9.50 Å². The zero-order valence-electron chi connectivity index (χ0n) is 12.5.